The van der Waals surface area contributed by atoms with Crippen LogP contribution in [-0.2, 0) is 0 Å². The van der Waals surface area contributed by atoms with E-state index in [1.54, 1.807) is 0 Å². The quantitative estimate of drug-likeness (QED) is 0.278. The Hall–Kier alpha value is -0.490. The molecule has 0 saturated carbocycles. The van der Waals surface area contributed by atoms with E-state index in [-0.39, 0.29) is 6.42 Å². The van der Waals surface area contributed by atoms with Crippen LogP contribution in [0.2, 0.25) is 0 Å². The van der Waals surface area contributed by atoms with Gasteiger partial charge in [0.15, 0.2) is 0 Å². The topological polar surface area (TPSA) is 0 Å². The monoisotopic (exact) mass is 338 g/mol. The molecule has 0 unspecified atom stereocenters. The molecule has 0 aromatic carbocycles. The minimum Gasteiger partial charge on any atom is -0.224 e. The van der Waals surface area contributed by atoms with Gasteiger partial charge in [0.05, 0.1) is 0 Å². The Morgan fingerprint density at radius 2 is 0.818 bits per heavy atom. The molecule has 0 aliphatic heterocycles. The van der Waals surface area contributed by atoms with Crippen LogP contribution in [0.25, 0.3) is 0 Å². The highest BCUT2D eigenvalue weighted by Crippen LogP contribution is 2.49. The van der Waals surface area contributed by atoms with Gasteiger partial charge >= 0.3 is 12.4 Å². The van der Waals surface area contributed by atoms with E-state index in [9.17, 15) is 30.7 Å². The second-order valence-corrected chi connectivity index (χ2v) is 5.73. The predicted octanol–water partition coefficient (Wildman–Crippen LogP) is 7.13. The van der Waals surface area contributed by atoms with E-state index in [1.807, 2.05) is 0 Å². The molecular weight excluding hydrogens is 313 g/mol. The van der Waals surface area contributed by atoms with Crippen LogP contribution in [0.1, 0.15) is 77.6 Å². The molecule has 0 rings (SSSR count). The zero-order valence-corrected chi connectivity index (χ0v) is 12.9. The van der Waals surface area contributed by atoms with Gasteiger partial charge in [-0.3, -0.25) is 0 Å². The van der Waals surface area contributed by atoms with Gasteiger partial charge in [0.2, 0.25) is 0 Å². The summed E-state index contributed by atoms with van der Waals surface area (Å²) >= 11 is 0. The van der Waals surface area contributed by atoms with Gasteiger partial charge in [-0.25, -0.2) is 4.39 Å². The van der Waals surface area contributed by atoms with Crippen molar-refractivity contribution >= 4 is 0 Å². The molecule has 0 bridgehead atoms. The number of hydrogen-bond acceptors (Lipinski definition) is 0. The first-order chi connectivity index (χ1) is 10.1. The van der Waals surface area contributed by atoms with Crippen LogP contribution in [0.4, 0.5) is 30.7 Å². The van der Waals surface area contributed by atoms with Crippen LogP contribution in [0.3, 0.4) is 0 Å². The Morgan fingerprint density at radius 1 is 0.500 bits per heavy atom. The van der Waals surface area contributed by atoms with Crippen molar-refractivity contribution in [3.05, 3.63) is 0 Å². The lowest BCUT2D eigenvalue weighted by atomic mass is 9.96. The van der Waals surface area contributed by atoms with Crippen LogP contribution >= 0.6 is 0 Å². The van der Waals surface area contributed by atoms with Gasteiger partial charge in [0.1, 0.15) is 0 Å². The molecule has 0 atom stereocenters. The van der Waals surface area contributed by atoms with Crippen molar-refractivity contribution in [3.8, 4) is 0 Å². The first-order valence-electron chi connectivity index (χ1n) is 7.88. The molecule has 0 aliphatic rings. The van der Waals surface area contributed by atoms with Gasteiger partial charge < -0.3 is 0 Å². The Kier molecular flexibility index (Phi) is 9.39. The molecule has 22 heavy (non-hydrogen) atoms. The van der Waals surface area contributed by atoms with Crippen molar-refractivity contribution in [2.45, 2.75) is 95.6 Å². The summed E-state index contributed by atoms with van der Waals surface area (Å²) in [7, 11) is 0. The van der Waals surface area contributed by atoms with Gasteiger partial charge in [-0.2, -0.15) is 26.3 Å². The minimum atomic E-state index is -5.91. The van der Waals surface area contributed by atoms with Gasteiger partial charge in [-0.15, -0.1) is 0 Å². The zero-order valence-electron chi connectivity index (χ0n) is 12.9. The second-order valence-electron chi connectivity index (χ2n) is 5.73. The number of hydrogen-bond donors (Lipinski definition) is 0. The molecule has 0 aromatic heterocycles. The Balaban J connectivity index is 3.89. The lowest BCUT2D eigenvalue weighted by Crippen LogP contribution is -2.53. The molecule has 0 nitrogen and oxygen atoms in total. The molecule has 7 heteroatoms. The largest absolute Gasteiger partial charge is 0.431 e. The second kappa shape index (κ2) is 9.60. The van der Waals surface area contributed by atoms with E-state index >= 15 is 0 Å². The average Bonchev–Trinajstić information content (AvgIpc) is 2.38. The zero-order chi connectivity index (χ0) is 17.3. The standard InChI is InChI=1S/C15H25F7/c1-2-3-4-5-6-7-8-9-10-11-12-13(16,14(17,18)19)15(20,21)22/h2-12H2,1H3. The highest BCUT2D eigenvalue weighted by atomic mass is 19.4. The molecular formula is C15H25F7. The van der Waals surface area contributed by atoms with Crippen molar-refractivity contribution in [3.63, 3.8) is 0 Å². The first kappa shape index (κ1) is 21.5. The summed E-state index contributed by atoms with van der Waals surface area (Å²) in [6, 6.07) is 0. The Bertz CT molecular complexity index is 267. The van der Waals surface area contributed by atoms with Gasteiger partial charge in [-0.05, 0) is 12.8 Å². The fourth-order valence-corrected chi connectivity index (χ4v) is 2.30. The minimum absolute atomic E-state index is 0.187. The maximum Gasteiger partial charge on any atom is 0.431 e. The van der Waals surface area contributed by atoms with E-state index in [1.165, 1.54) is 6.42 Å². The van der Waals surface area contributed by atoms with E-state index in [0.29, 0.717) is 6.42 Å². The van der Waals surface area contributed by atoms with Crippen molar-refractivity contribution in [1.29, 1.82) is 0 Å². The van der Waals surface area contributed by atoms with Crippen LogP contribution in [0.15, 0.2) is 0 Å². The van der Waals surface area contributed by atoms with E-state index < -0.39 is 30.9 Å². The van der Waals surface area contributed by atoms with Crippen molar-refractivity contribution in [1.82, 2.24) is 0 Å². The fourth-order valence-electron chi connectivity index (χ4n) is 2.30. The third kappa shape index (κ3) is 7.18. The van der Waals surface area contributed by atoms with Crippen LogP contribution in [0.5, 0.6) is 0 Å². The lowest BCUT2D eigenvalue weighted by Gasteiger charge is -2.29. The summed E-state index contributed by atoms with van der Waals surface area (Å²) in [6.45, 7) is 2.10. The normalized spacial score (nSPS) is 13.6. The molecule has 134 valence electrons. The molecule has 0 saturated heterocycles. The average molecular weight is 338 g/mol. The molecule has 0 N–H and O–H groups in total. The van der Waals surface area contributed by atoms with Crippen molar-refractivity contribution in [2.75, 3.05) is 0 Å². The molecule has 0 fully saturated rings. The molecule has 0 radical (unpaired) electrons. The van der Waals surface area contributed by atoms with Gasteiger partial charge in [0, 0.05) is 0 Å². The van der Waals surface area contributed by atoms with E-state index in [2.05, 4.69) is 6.92 Å². The Morgan fingerprint density at radius 3 is 1.14 bits per heavy atom. The maximum atomic E-state index is 13.3. The smallest absolute Gasteiger partial charge is 0.224 e. The number of halogens is 7. The molecule has 0 amide bonds. The third-order valence-electron chi connectivity index (χ3n) is 3.77. The van der Waals surface area contributed by atoms with E-state index in [4.69, 9.17) is 0 Å². The lowest BCUT2D eigenvalue weighted by molar-refractivity contribution is -0.343. The first-order valence-corrected chi connectivity index (χ1v) is 7.88. The van der Waals surface area contributed by atoms with Crippen LogP contribution in [-0.4, -0.2) is 18.0 Å². The van der Waals surface area contributed by atoms with E-state index in [0.717, 1.165) is 38.5 Å². The highest BCUT2D eigenvalue weighted by Gasteiger charge is 2.71. The summed E-state index contributed by atoms with van der Waals surface area (Å²) in [4.78, 5) is 0. The molecule has 0 heterocycles. The fraction of sp³-hybridized carbons (Fsp3) is 1.00. The van der Waals surface area contributed by atoms with Gasteiger partial charge in [-0.1, -0.05) is 64.7 Å². The van der Waals surface area contributed by atoms with Crippen molar-refractivity contribution < 1.29 is 30.7 Å². The summed E-state index contributed by atoms with van der Waals surface area (Å²) in [5.41, 5.74) is -5.08. The number of unbranched alkanes of at least 4 members (excludes halogenated alkanes) is 9. The summed E-state index contributed by atoms with van der Waals surface area (Å²) in [6.07, 6.45) is -5.77. The van der Waals surface area contributed by atoms with Crippen molar-refractivity contribution in [2.24, 2.45) is 0 Å². The maximum absolute atomic E-state index is 13.3. The number of alkyl halides is 7. The van der Waals surface area contributed by atoms with Gasteiger partial charge in [0.25, 0.3) is 5.67 Å². The summed E-state index contributed by atoms with van der Waals surface area (Å²) in [5, 5.41) is 0. The van der Waals surface area contributed by atoms with Crippen LogP contribution in [0, 0.1) is 0 Å². The van der Waals surface area contributed by atoms with Crippen LogP contribution < -0.4 is 0 Å². The Labute approximate surface area is 127 Å². The summed E-state index contributed by atoms with van der Waals surface area (Å²) < 4.78 is 87.0. The molecule has 0 aromatic rings. The highest BCUT2D eigenvalue weighted by molar-refractivity contribution is 4.94. The SMILES string of the molecule is CCCCCCCCCCCCC(F)(C(F)(F)F)C(F)(F)F. The molecule has 0 spiro atoms. The predicted molar refractivity (Wildman–Crippen MR) is 72.4 cm³/mol. The third-order valence-corrected chi connectivity index (χ3v) is 3.77. The summed E-state index contributed by atoms with van der Waals surface area (Å²) in [5.74, 6) is 0. The molecule has 0 aliphatic carbocycles. The number of rotatable bonds is 11.